The van der Waals surface area contributed by atoms with Gasteiger partial charge in [0.05, 0.1) is 45.0 Å². The Morgan fingerprint density at radius 3 is 2.43 bits per heavy atom. The van der Waals surface area contributed by atoms with E-state index in [0.717, 1.165) is 0 Å². The fourth-order valence-electron chi connectivity index (χ4n) is 3.42. The number of halogens is 4. The van der Waals surface area contributed by atoms with E-state index < -0.39 is 49.5 Å². The summed E-state index contributed by atoms with van der Waals surface area (Å²) in [7, 11) is -3.88. The maximum atomic E-state index is 14.7. The summed E-state index contributed by atoms with van der Waals surface area (Å²) in [5.41, 5.74) is 0.354. The first-order valence-electron chi connectivity index (χ1n) is 10.3. The van der Waals surface area contributed by atoms with Gasteiger partial charge in [0, 0.05) is 17.2 Å². The second-order valence-electron chi connectivity index (χ2n) is 7.62. The highest BCUT2D eigenvalue weighted by Crippen LogP contribution is 2.33. The van der Waals surface area contributed by atoms with Crippen LogP contribution in [0.5, 0.6) is 0 Å². The van der Waals surface area contributed by atoms with Crippen LogP contribution in [0.1, 0.15) is 29.3 Å². The van der Waals surface area contributed by atoms with Crippen LogP contribution in [-0.4, -0.2) is 29.9 Å². The standard InChI is InChI=1S/C24H17ClF3N3O3S/c1-2-9-35(33,34)31-19-11-16(27)23(28)21(22(19)25)24(32)14-5-8-17-18(10-14)30-20(12-29-17)13-3-6-15(26)7-4-13/h3-8,10-12,31H,2,9H2,1H3. The Balaban J connectivity index is 1.77. The average molecular weight is 520 g/mol. The van der Waals surface area contributed by atoms with Crippen molar-refractivity contribution in [2.45, 2.75) is 13.3 Å². The van der Waals surface area contributed by atoms with Crippen LogP contribution < -0.4 is 4.72 Å². The van der Waals surface area contributed by atoms with Gasteiger partial charge in [-0.1, -0.05) is 18.5 Å². The zero-order valence-electron chi connectivity index (χ0n) is 18.1. The molecule has 0 spiro atoms. The van der Waals surface area contributed by atoms with Crippen LogP contribution in [0.4, 0.5) is 18.9 Å². The first kappa shape index (κ1) is 24.6. The van der Waals surface area contributed by atoms with Gasteiger partial charge in [-0.15, -0.1) is 0 Å². The number of hydrogen-bond donors (Lipinski definition) is 1. The number of anilines is 1. The zero-order valence-corrected chi connectivity index (χ0v) is 19.7. The highest BCUT2D eigenvalue weighted by Gasteiger charge is 2.26. The molecule has 4 rings (SSSR count). The minimum absolute atomic E-state index is 0.0724. The van der Waals surface area contributed by atoms with Gasteiger partial charge in [-0.05, 0) is 48.9 Å². The highest BCUT2D eigenvalue weighted by molar-refractivity contribution is 7.92. The Hall–Kier alpha value is -3.50. The summed E-state index contributed by atoms with van der Waals surface area (Å²) in [6, 6.07) is 10.3. The lowest BCUT2D eigenvalue weighted by atomic mass is 10.0. The Bertz CT molecular complexity index is 1560. The van der Waals surface area contributed by atoms with E-state index in [1.54, 1.807) is 6.92 Å². The first-order valence-corrected chi connectivity index (χ1v) is 12.4. The number of rotatable bonds is 7. The Morgan fingerprint density at radius 2 is 1.74 bits per heavy atom. The quantitative estimate of drug-likeness (QED) is 0.248. The molecule has 0 bridgehead atoms. The summed E-state index contributed by atoms with van der Waals surface area (Å²) in [5.74, 6) is -4.61. The zero-order chi connectivity index (χ0) is 25.3. The molecule has 1 heterocycles. The molecule has 6 nitrogen and oxygen atoms in total. The lowest BCUT2D eigenvalue weighted by Crippen LogP contribution is -2.18. The molecule has 0 aliphatic heterocycles. The van der Waals surface area contributed by atoms with Gasteiger partial charge in [-0.2, -0.15) is 0 Å². The molecule has 1 aromatic heterocycles. The Kier molecular flexibility index (Phi) is 6.77. The Morgan fingerprint density at radius 1 is 1.03 bits per heavy atom. The van der Waals surface area contributed by atoms with Gasteiger partial charge in [0.15, 0.2) is 17.4 Å². The number of nitrogens with one attached hydrogen (secondary N) is 1. The number of benzene rings is 3. The van der Waals surface area contributed by atoms with Crippen LogP contribution in [0.25, 0.3) is 22.3 Å². The molecule has 1 N–H and O–H groups in total. The number of hydrogen-bond acceptors (Lipinski definition) is 5. The number of ketones is 1. The largest absolute Gasteiger partial charge is 0.288 e. The van der Waals surface area contributed by atoms with Gasteiger partial charge >= 0.3 is 0 Å². The first-order chi connectivity index (χ1) is 16.6. The van der Waals surface area contributed by atoms with E-state index in [2.05, 4.69) is 14.7 Å². The minimum atomic E-state index is -3.88. The van der Waals surface area contributed by atoms with E-state index >= 15 is 0 Å². The topological polar surface area (TPSA) is 89.0 Å². The van der Waals surface area contributed by atoms with Crippen molar-refractivity contribution < 1.29 is 26.4 Å². The summed E-state index contributed by atoms with van der Waals surface area (Å²) < 4.78 is 68.5. The van der Waals surface area contributed by atoms with E-state index in [0.29, 0.717) is 22.8 Å². The summed E-state index contributed by atoms with van der Waals surface area (Å²) in [6.07, 6.45) is 1.76. The second-order valence-corrected chi connectivity index (χ2v) is 9.84. The smallest absolute Gasteiger partial charge is 0.232 e. The predicted octanol–water partition coefficient (Wildman–Crippen LogP) is 5.75. The molecule has 0 radical (unpaired) electrons. The molecule has 0 unspecified atom stereocenters. The molecule has 180 valence electrons. The van der Waals surface area contributed by atoms with Gasteiger partial charge in [0.2, 0.25) is 10.0 Å². The fourth-order valence-corrected chi connectivity index (χ4v) is 4.88. The van der Waals surface area contributed by atoms with Crippen LogP contribution in [0.3, 0.4) is 0 Å². The predicted molar refractivity (Wildman–Crippen MR) is 127 cm³/mol. The van der Waals surface area contributed by atoms with Crippen molar-refractivity contribution in [1.82, 2.24) is 9.97 Å². The average Bonchev–Trinajstić information content (AvgIpc) is 2.82. The molecule has 35 heavy (non-hydrogen) atoms. The van der Waals surface area contributed by atoms with E-state index in [-0.39, 0.29) is 23.3 Å². The molecular weight excluding hydrogens is 503 g/mol. The third-order valence-corrected chi connectivity index (χ3v) is 6.94. The molecule has 0 saturated carbocycles. The van der Waals surface area contributed by atoms with E-state index in [4.69, 9.17) is 11.6 Å². The molecule has 0 amide bonds. The highest BCUT2D eigenvalue weighted by atomic mass is 35.5. The molecule has 0 saturated heterocycles. The maximum absolute atomic E-state index is 14.7. The number of carbonyl (C=O) groups excluding carboxylic acids is 1. The van der Waals surface area contributed by atoms with Crippen LogP contribution in [0, 0.1) is 17.5 Å². The van der Waals surface area contributed by atoms with Gasteiger partial charge < -0.3 is 0 Å². The Labute approximate surface area is 203 Å². The van der Waals surface area contributed by atoms with Crippen molar-refractivity contribution in [3.63, 3.8) is 0 Å². The third kappa shape index (κ3) is 5.13. The molecule has 3 aromatic carbocycles. The molecule has 0 aliphatic rings. The van der Waals surface area contributed by atoms with Crippen molar-refractivity contribution in [3.8, 4) is 11.3 Å². The normalized spacial score (nSPS) is 11.6. The van der Waals surface area contributed by atoms with Crippen molar-refractivity contribution in [2.24, 2.45) is 0 Å². The third-order valence-electron chi connectivity index (χ3n) is 5.07. The van der Waals surface area contributed by atoms with Gasteiger partial charge in [0.1, 0.15) is 5.82 Å². The van der Waals surface area contributed by atoms with Crippen LogP contribution in [0.2, 0.25) is 5.02 Å². The lowest BCUT2D eigenvalue weighted by molar-refractivity contribution is 0.103. The molecule has 11 heteroatoms. The van der Waals surface area contributed by atoms with E-state index in [1.807, 2.05) is 0 Å². The fraction of sp³-hybridized carbons (Fsp3) is 0.125. The van der Waals surface area contributed by atoms with Crippen molar-refractivity contribution in [2.75, 3.05) is 10.5 Å². The van der Waals surface area contributed by atoms with Gasteiger partial charge in [-0.3, -0.25) is 14.5 Å². The number of carbonyl (C=O) groups is 1. The summed E-state index contributed by atoms with van der Waals surface area (Å²) in [5, 5.41) is -0.570. The molecular formula is C24H17ClF3N3O3S. The molecule has 4 aromatic rings. The van der Waals surface area contributed by atoms with Crippen LogP contribution in [-0.2, 0) is 10.0 Å². The molecule has 0 atom stereocenters. The molecule has 0 fully saturated rings. The second kappa shape index (κ2) is 9.63. The minimum Gasteiger partial charge on any atom is -0.288 e. The monoisotopic (exact) mass is 519 g/mol. The number of nitrogens with zero attached hydrogens (tertiary/aromatic N) is 2. The van der Waals surface area contributed by atoms with E-state index in [9.17, 15) is 26.4 Å². The van der Waals surface area contributed by atoms with Crippen molar-refractivity contribution in [3.05, 3.63) is 88.3 Å². The van der Waals surface area contributed by atoms with Crippen molar-refractivity contribution in [1.29, 1.82) is 0 Å². The SMILES string of the molecule is CCCS(=O)(=O)Nc1cc(F)c(F)c(C(=O)c2ccc3ncc(-c4ccc(F)cc4)nc3c2)c1Cl. The summed E-state index contributed by atoms with van der Waals surface area (Å²) in [6.45, 7) is 1.63. The van der Waals surface area contributed by atoms with Gasteiger partial charge in [0.25, 0.3) is 0 Å². The summed E-state index contributed by atoms with van der Waals surface area (Å²) >= 11 is 6.16. The van der Waals surface area contributed by atoms with Crippen LogP contribution >= 0.6 is 11.6 Å². The lowest BCUT2D eigenvalue weighted by Gasteiger charge is -2.13. The number of aromatic nitrogens is 2. The number of sulfonamides is 1. The van der Waals surface area contributed by atoms with E-state index in [1.165, 1.54) is 48.7 Å². The number of fused-ring (bicyclic) bond motifs is 1. The molecule has 0 aliphatic carbocycles. The van der Waals surface area contributed by atoms with Crippen LogP contribution in [0.15, 0.2) is 54.7 Å². The van der Waals surface area contributed by atoms with Crippen molar-refractivity contribution >= 4 is 44.1 Å². The maximum Gasteiger partial charge on any atom is 0.232 e. The van der Waals surface area contributed by atoms with Gasteiger partial charge in [-0.25, -0.2) is 26.6 Å². The summed E-state index contributed by atoms with van der Waals surface area (Å²) in [4.78, 5) is 21.9.